The van der Waals surface area contributed by atoms with Gasteiger partial charge in [-0.05, 0) is 31.3 Å². The summed E-state index contributed by atoms with van der Waals surface area (Å²) in [6, 6.07) is 0. The van der Waals surface area contributed by atoms with Gasteiger partial charge >= 0.3 is 11.9 Å². The predicted octanol–water partition coefficient (Wildman–Crippen LogP) is 2.35. The highest BCUT2D eigenvalue weighted by atomic mass is 16.6. The first-order chi connectivity index (χ1) is 10.3. The lowest BCUT2D eigenvalue weighted by Gasteiger charge is -2.24. The Morgan fingerprint density at radius 3 is 2.73 bits per heavy atom. The number of Topliss-reactive ketones (excluding diaryl/α,β-unsaturated/α-hetero) is 1. The Morgan fingerprint density at radius 2 is 2.14 bits per heavy atom. The molecule has 22 heavy (non-hydrogen) atoms. The molecule has 0 amide bonds. The lowest BCUT2D eigenvalue weighted by molar-refractivity contribution is -0.145. The number of carbonyl (C=O) groups is 3. The molecule has 0 aromatic rings. The first-order valence-corrected chi connectivity index (χ1v) is 7.56. The average Bonchev–Trinajstić information content (AvgIpc) is 2.56. The Morgan fingerprint density at radius 1 is 1.45 bits per heavy atom. The molecule has 0 saturated carbocycles. The van der Waals surface area contributed by atoms with E-state index in [2.05, 4.69) is 6.58 Å². The summed E-state index contributed by atoms with van der Waals surface area (Å²) in [6.45, 7) is 8.63. The van der Waals surface area contributed by atoms with Crippen LogP contribution in [-0.4, -0.2) is 29.9 Å². The molecule has 5 heteroatoms. The van der Waals surface area contributed by atoms with E-state index in [9.17, 15) is 14.4 Å². The SMILES string of the molecule is C=C1C(=O)O[C@H]2C[C@H](C)C(C(CC(C)=O)OC(C)=O)=CC[C@H]12. The zero-order chi connectivity index (χ0) is 16.4. The van der Waals surface area contributed by atoms with E-state index >= 15 is 0 Å². The van der Waals surface area contributed by atoms with E-state index < -0.39 is 12.1 Å². The van der Waals surface area contributed by atoms with Crippen molar-refractivity contribution < 1.29 is 23.9 Å². The molecule has 1 heterocycles. The van der Waals surface area contributed by atoms with Gasteiger partial charge in [0.15, 0.2) is 0 Å². The first kappa shape index (κ1) is 16.5. The van der Waals surface area contributed by atoms with Gasteiger partial charge in [-0.25, -0.2) is 4.79 Å². The summed E-state index contributed by atoms with van der Waals surface area (Å²) in [5, 5.41) is 0. The van der Waals surface area contributed by atoms with E-state index in [0.29, 0.717) is 18.4 Å². The van der Waals surface area contributed by atoms with Crippen LogP contribution < -0.4 is 0 Å². The molecular weight excluding hydrogens is 284 g/mol. The van der Waals surface area contributed by atoms with Crippen LogP contribution in [0.3, 0.4) is 0 Å². The van der Waals surface area contributed by atoms with E-state index in [1.807, 2.05) is 13.0 Å². The molecule has 5 nitrogen and oxygen atoms in total. The lowest BCUT2D eigenvalue weighted by atomic mass is 9.89. The van der Waals surface area contributed by atoms with Gasteiger partial charge in [0.25, 0.3) is 0 Å². The van der Waals surface area contributed by atoms with Crippen molar-refractivity contribution in [2.75, 3.05) is 0 Å². The van der Waals surface area contributed by atoms with Crippen molar-refractivity contribution in [1.82, 2.24) is 0 Å². The van der Waals surface area contributed by atoms with Crippen LogP contribution in [0.25, 0.3) is 0 Å². The summed E-state index contributed by atoms with van der Waals surface area (Å²) in [5.74, 6) is -0.710. The van der Waals surface area contributed by atoms with E-state index in [4.69, 9.17) is 9.47 Å². The van der Waals surface area contributed by atoms with E-state index in [1.165, 1.54) is 13.8 Å². The first-order valence-electron chi connectivity index (χ1n) is 7.56. The number of fused-ring (bicyclic) bond motifs is 1. The summed E-state index contributed by atoms with van der Waals surface area (Å²) in [5.41, 5.74) is 1.44. The van der Waals surface area contributed by atoms with Gasteiger partial charge in [0.05, 0.1) is 0 Å². The van der Waals surface area contributed by atoms with Gasteiger partial charge in [0.2, 0.25) is 0 Å². The summed E-state index contributed by atoms with van der Waals surface area (Å²) >= 11 is 0. The standard InChI is InChI=1S/C17H22O5/c1-9-7-15-14(11(3)17(20)22-15)6-5-13(9)16(8-10(2)18)21-12(4)19/h5,9,14-16H,3,6-8H2,1-2,4H3/t9-,14+,15-,16?/m0/s1. The number of rotatable bonds is 4. The molecule has 0 bridgehead atoms. The fraction of sp³-hybridized carbons (Fsp3) is 0.588. The second-order valence-electron chi connectivity index (χ2n) is 6.16. The third-order valence-electron chi connectivity index (χ3n) is 4.33. The number of allylic oxidation sites excluding steroid dienone is 1. The minimum Gasteiger partial charge on any atom is -0.458 e. The van der Waals surface area contributed by atoms with Gasteiger partial charge in [-0.3, -0.25) is 9.59 Å². The van der Waals surface area contributed by atoms with Crippen LogP contribution in [0.5, 0.6) is 0 Å². The van der Waals surface area contributed by atoms with Crippen molar-refractivity contribution in [2.24, 2.45) is 11.8 Å². The monoisotopic (exact) mass is 306 g/mol. The third-order valence-corrected chi connectivity index (χ3v) is 4.33. The van der Waals surface area contributed by atoms with Crippen LogP contribution in [-0.2, 0) is 23.9 Å². The number of carbonyl (C=O) groups excluding carboxylic acids is 3. The molecule has 0 N–H and O–H groups in total. The average molecular weight is 306 g/mol. The maximum atomic E-state index is 11.6. The Labute approximate surface area is 130 Å². The van der Waals surface area contributed by atoms with Crippen molar-refractivity contribution >= 4 is 17.7 Å². The molecule has 1 aliphatic carbocycles. The van der Waals surface area contributed by atoms with Crippen LogP contribution in [0.1, 0.15) is 40.0 Å². The molecule has 0 radical (unpaired) electrons. The van der Waals surface area contributed by atoms with Gasteiger partial charge in [0.1, 0.15) is 18.0 Å². The smallest absolute Gasteiger partial charge is 0.334 e. The predicted molar refractivity (Wildman–Crippen MR) is 79.8 cm³/mol. The molecule has 4 atom stereocenters. The molecule has 2 aliphatic rings. The van der Waals surface area contributed by atoms with Crippen molar-refractivity contribution in [3.8, 4) is 0 Å². The molecular formula is C17H22O5. The van der Waals surface area contributed by atoms with Crippen LogP contribution in [0, 0.1) is 11.8 Å². The Kier molecular flexibility index (Phi) is 4.84. The number of hydrogen-bond donors (Lipinski definition) is 0. The number of ketones is 1. The summed E-state index contributed by atoms with van der Waals surface area (Å²) in [6.07, 6.45) is 2.71. The largest absolute Gasteiger partial charge is 0.458 e. The number of hydrogen-bond acceptors (Lipinski definition) is 5. The van der Waals surface area contributed by atoms with Gasteiger partial charge in [-0.1, -0.05) is 19.6 Å². The second-order valence-corrected chi connectivity index (χ2v) is 6.16. The molecule has 2 rings (SSSR count). The van der Waals surface area contributed by atoms with E-state index in [-0.39, 0.29) is 36.1 Å². The number of ether oxygens (including phenoxy) is 2. The Bertz CT molecular complexity index is 529. The zero-order valence-corrected chi connectivity index (χ0v) is 13.3. The van der Waals surface area contributed by atoms with Gasteiger partial charge < -0.3 is 9.47 Å². The summed E-state index contributed by atoms with van der Waals surface area (Å²) in [4.78, 5) is 34.4. The molecule has 0 spiro atoms. The van der Waals surface area contributed by atoms with Gasteiger partial charge in [-0.2, -0.15) is 0 Å². The Hall–Kier alpha value is -1.91. The summed E-state index contributed by atoms with van der Waals surface area (Å²) < 4.78 is 10.7. The van der Waals surface area contributed by atoms with Gasteiger partial charge in [0, 0.05) is 24.8 Å². The second kappa shape index (κ2) is 6.46. The minimum absolute atomic E-state index is 0.0252. The van der Waals surface area contributed by atoms with Crippen molar-refractivity contribution in [2.45, 2.75) is 52.2 Å². The molecule has 0 aromatic heterocycles. The normalized spacial score (nSPS) is 29.0. The van der Waals surface area contributed by atoms with Gasteiger partial charge in [-0.15, -0.1) is 0 Å². The molecule has 1 saturated heterocycles. The number of esters is 2. The van der Waals surface area contributed by atoms with Crippen LogP contribution >= 0.6 is 0 Å². The quantitative estimate of drug-likeness (QED) is 0.453. The van der Waals surface area contributed by atoms with Crippen molar-refractivity contribution in [3.63, 3.8) is 0 Å². The topological polar surface area (TPSA) is 69.7 Å². The third kappa shape index (κ3) is 3.46. The fourth-order valence-corrected chi connectivity index (χ4v) is 3.26. The molecule has 1 unspecified atom stereocenters. The molecule has 0 aromatic carbocycles. The highest BCUT2D eigenvalue weighted by Crippen LogP contribution is 2.39. The van der Waals surface area contributed by atoms with Crippen LogP contribution in [0.4, 0.5) is 0 Å². The Balaban J connectivity index is 2.23. The van der Waals surface area contributed by atoms with Crippen LogP contribution in [0.15, 0.2) is 23.8 Å². The van der Waals surface area contributed by atoms with Crippen molar-refractivity contribution in [3.05, 3.63) is 23.8 Å². The molecule has 1 aliphatic heterocycles. The summed E-state index contributed by atoms with van der Waals surface area (Å²) in [7, 11) is 0. The highest BCUT2D eigenvalue weighted by Gasteiger charge is 2.41. The fourth-order valence-electron chi connectivity index (χ4n) is 3.26. The molecule has 120 valence electrons. The van der Waals surface area contributed by atoms with E-state index in [1.54, 1.807) is 0 Å². The minimum atomic E-state index is -0.534. The van der Waals surface area contributed by atoms with E-state index in [0.717, 1.165) is 5.57 Å². The lowest BCUT2D eigenvalue weighted by Crippen LogP contribution is -2.26. The molecule has 1 fully saturated rings. The van der Waals surface area contributed by atoms with Crippen molar-refractivity contribution in [1.29, 1.82) is 0 Å². The zero-order valence-electron chi connectivity index (χ0n) is 13.3. The highest BCUT2D eigenvalue weighted by molar-refractivity contribution is 5.90. The maximum absolute atomic E-state index is 11.6. The maximum Gasteiger partial charge on any atom is 0.334 e. The van der Waals surface area contributed by atoms with Crippen LogP contribution in [0.2, 0.25) is 0 Å².